The second-order valence-corrected chi connectivity index (χ2v) is 8.64. The highest BCUT2D eigenvalue weighted by Crippen LogP contribution is 2.23. The minimum atomic E-state index is -3.81. The van der Waals surface area contributed by atoms with E-state index in [0.29, 0.717) is 10.3 Å². The van der Waals surface area contributed by atoms with Gasteiger partial charge in [0.05, 0.1) is 15.5 Å². The molecule has 0 saturated carbocycles. The molecule has 0 aliphatic rings. The molecule has 1 aromatic heterocycles. The van der Waals surface area contributed by atoms with Crippen LogP contribution in [0, 0.1) is 0 Å². The Labute approximate surface area is 131 Å². The van der Waals surface area contributed by atoms with E-state index in [2.05, 4.69) is 25.6 Å². The fourth-order valence-electron chi connectivity index (χ4n) is 1.53. The third-order valence-corrected chi connectivity index (χ3v) is 5.71. The second-order valence-electron chi connectivity index (χ2n) is 4.19. The lowest BCUT2D eigenvalue weighted by molar-refractivity contribution is 0.597. The summed E-state index contributed by atoms with van der Waals surface area (Å²) in [5.41, 5.74) is 0.296. The van der Waals surface area contributed by atoms with Gasteiger partial charge in [0.2, 0.25) is 0 Å². The smallest absolute Gasteiger partial charge is 0.261 e. The number of benzene rings is 1. The number of hydrogen-bond acceptors (Lipinski definition) is 5. The number of pyridine rings is 1. The molecule has 0 spiro atoms. The maximum atomic E-state index is 12.2. The van der Waals surface area contributed by atoms with Crippen molar-refractivity contribution in [3.05, 3.63) is 47.2 Å². The zero-order valence-electron chi connectivity index (χ0n) is 10.8. The fraction of sp³-hybridized carbons (Fsp3) is 0.0833. The largest absolute Gasteiger partial charge is 0.277 e. The van der Waals surface area contributed by atoms with Crippen LogP contribution in [0.3, 0.4) is 0 Å². The predicted octanol–water partition coefficient (Wildman–Crippen LogP) is 2.05. The van der Waals surface area contributed by atoms with Crippen LogP contribution in [0.2, 0.25) is 0 Å². The molecule has 0 bridgehead atoms. The van der Waals surface area contributed by atoms with Crippen LogP contribution < -0.4 is 4.72 Å². The summed E-state index contributed by atoms with van der Waals surface area (Å²) in [5.74, 6) is 0. The van der Waals surface area contributed by atoms with Crippen molar-refractivity contribution < 1.29 is 16.8 Å². The molecule has 2 aromatic rings. The summed E-state index contributed by atoms with van der Waals surface area (Å²) in [4.78, 5) is 3.94. The molecule has 1 N–H and O–H groups in total. The topological polar surface area (TPSA) is 93.2 Å². The first kappa shape index (κ1) is 15.9. The lowest BCUT2D eigenvalue weighted by Gasteiger charge is -2.09. The zero-order chi connectivity index (χ0) is 15.7. The van der Waals surface area contributed by atoms with Gasteiger partial charge in [-0.2, -0.15) is 0 Å². The lowest BCUT2D eigenvalue weighted by Crippen LogP contribution is -2.13. The maximum Gasteiger partial charge on any atom is 0.261 e. The molecular formula is C12H11BrN2O4S2. The average molecular weight is 391 g/mol. The molecule has 1 aromatic carbocycles. The van der Waals surface area contributed by atoms with E-state index in [1.807, 2.05) is 0 Å². The van der Waals surface area contributed by atoms with Crippen molar-refractivity contribution in [2.24, 2.45) is 0 Å². The minimum absolute atomic E-state index is 0.0364. The van der Waals surface area contributed by atoms with E-state index >= 15 is 0 Å². The van der Waals surface area contributed by atoms with Crippen LogP contribution in [0.4, 0.5) is 5.69 Å². The molecule has 0 fully saturated rings. The highest BCUT2D eigenvalue weighted by molar-refractivity contribution is 9.10. The molecule has 2 rings (SSSR count). The zero-order valence-corrected chi connectivity index (χ0v) is 14.0. The standard InChI is InChI=1S/C12H11BrN2O4S2/c1-20(16,17)9-4-6-10(7-5-9)21(18,19)15-11-3-2-8-14-12(11)13/h2-8,15H,1H3. The summed E-state index contributed by atoms with van der Waals surface area (Å²) in [5, 5.41) is 0. The van der Waals surface area contributed by atoms with Gasteiger partial charge in [-0.15, -0.1) is 0 Å². The van der Waals surface area contributed by atoms with Gasteiger partial charge in [-0.25, -0.2) is 21.8 Å². The van der Waals surface area contributed by atoms with Crippen LogP contribution in [0.5, 0.6) is 0 Å². The number of nitrogens with one attached hydrogen (secondary N) is 1. The Morgan fingerprint density at radius 1 is 1.00 bits per heavy atom. The van der Waals surface area contributed by atoms with E-state index in [4.69, 9.17) is 0 Å². The molecule has 0 radical (unpaired) electrons. The molecule has 0 saturated heterocycles. The molecule has 6 nitrogen and oxygen atoms in total. The summed E-state index contributed by atoms with van der Waals surface area (Å²) in [6.07, 6.45) is 2.57. The Bertz CT molecular complexity index is 862. The molecule has 1 heterocycles. The van der Waals surface area contributed by atoms with Crippen molar-refractivity contribution in [1.82, 2.24) is 4.98 Å². The van der Waals surface area contributed by atoms with Crippen LogP contribution in [0.15, 0.2) is 57.0 Å². The van der Waals surface area contributed by atoms with Crippen molar-refractivity contribution >= 4 is 41.5 Å². The van der Waals surface area contributed by atoms with Gasteiger partial charge in [-0.05, 0) is 52.3 Å². The minimum Gasteiger partial charge on any atom is -0.277 e. The monoisotopic (exact) mass is 390 g/mol. The number of halogens is 1. The van der Waals surface area contributed by atoms with E-state index in [-0.39, 0.29) is 9.79 Å². The first-order valence-electron chi connectivity index (χ1n) is 5.63. The number of sulfone groups is 1. The highest BCUT2D eigenvalue weighted by atomic mass is 79.9. The average Bonchev–Trinajstić information content (AvgIpc) is 2.40. The second kappa shape index (κ2) is 5.74. The Morgan fingerprint density at radius 3 is 2.10 bits per heavy atom. The van der Waals surface area contributed by atoms with E-state index in [1.54, 1.807) is 12.1 Å². The van der Waals surface area contributed by atoms with Gasteiger partial charge in [0.25, 0.3) is 10.0 Å². The summed E-state index contributed by atoms with van der Waals surface area (Å²) >= 11 is 3.14. The van der Waals surface area contributed by atoms with Crippen LogP contribution in [-0.2, 0) is 19.9 Å². The van der Waals surface area contributed by atoms with Crippen LogP contribution >= 0.6 is 15.9 Å². The van der Waals surface area contributed by atoms with Crippen molar-refractivity contribution in [2.45, 2.75) is 9.79 Å². The van der Waals surface area contributed by atoms with E-state index in [9.17, 15) is 16.8 Å². The Balaban J connectivity index is 2.35. The Morgan fingerprint density at radius 2 is 1.57 bits per heavy atom. The molecule has 0 aliphatic heterocycles. The van der Waals surface area contributed by atoms with Gasteiger partial charge in [0, 0.05) is 12.5 Å². The van der Waals surface area contributed by atoms with Gasteiger partial charge in [0.1, 0.15) is 4.60 Å². The molecule has 0 atom stereocenters. The molecule has 21 heavy (non-hydrogen) atoms. The molecule has 0 aliphatic carbocycles. The molecule has 0 amide bonds. The Hall–Kier alpha value is -1.45. The highest BCUT2D eigenvalue weighted by Gasteiger charge is 2.17. The number of rotatable bonds is 4. The van der Waals surface area contributed by atoms with E-state index in [1.165, 1.54) is 30.5 Å². The predicted molar refractivity (Wildman–Crippen MR) is 82.3 cm³/mol. The van der Waals surface area contributed by atoms with E-state index < -0.39 is 19.9 Å². The number of nitrogens with zero attached hydrogens (tertiary/aromatic N) is 1. The molecule has 9 heteroatoms. The van der Waals surface area contributed by atoms with Crippen molar-refractivity contribution in [3.8, 4) is 0 Å². The number of anilines is 1. The van der Waals surface area contributed by atoms with Gasteiger partial charge in [-0.1, -0.05) is 0 Å². The van der Waals surface area contributed by atoms with Gasteiger partial charge >= 0.3 is 0 Å². The lowest BCUT2D eigenvalue weighted by atomic mass is 10.4. The summed E-state index contributed by atoms with van der Waals surface area (Å²) in [6, 6.07) is 8.13. The Kier molecular flexibility index (Phi) is 4.35. The normalized spacial score (nSPS) is 12.1. The van der Waals surface area contributed by atoms with Crippen molar-refractivity contribution in [3.63, 3.8) is 0 Å². The van der Waals surface area contributed by atoms with Crippen LogP contribution in [0.25, 0.3) is 0 Å². The fourth-order valence-corrected chi connectivity index (χ4v) is 3.71. The molecule has 112 valence electrons. The summed E-state index contributed by atoms with van der Waals surface area (Å²) < 4.78 is 49.8. The summed E-state index contributed by atoms with van der Waals surface area (Å²) in [6.45, 7) is 0. The first-order chi connectivity index (χ1) is 9.70. The summed E-state index contributed by atoms with van der Waals surface area (Å²) in [7, 11) is -7.18. The quantitative estimate of drug-likeness (QED) is 0.806. The van der Waals surface area contributed by atoms with Gasteiger partial charge < -0.3 is 0 Å². The van der Waals surface area contributed by atoms with Gasteiger partial charge in [-0.3, -0.25) is 4.72 Å². The maximum absolute atomic E-state index is 12.2. The van der Waals surface area contributed by atoms with Crippen LogP contribution in [0.1, 0.15) is 0 Å². The molecule has 0 unspecified atom stereocenters. The van der Waals surface area contributed by atoms with Gasteiger partial charge in [0.15, 0.2) is 9.84 Å². The first-order valence-corrected chi connectivity index (χ1v) is 9.80. The SMILES string of the molecule is CS(=O)(=O)c1ccc(S(=O)(=O)Nc2cccnc2Br)cc1. The third-order valence-electron chi connectivity index (χ3n) is 2.57. The number of aromatic nitrogens is 1. The van der Waals surface area contributed by atoms with Crippen molar-refractivity contribution in [1.29, 1.82) is 0 Å². The van der Waals surface area contributed by atoms with E-state index in [0.717, 1.165) is 6.26 Å². The number of sulfonamides is 1. The van der Waals surface area contributed by atoms with Crippen LogP contribution in [-0.4, -0.2) is 28.1 Å². The molecular weight excluding hydrogens is 380 g/mol. The van der Waals surface area contributed by atoms with Crippen molar-refractivity contribution in [2.75, 3.05) is 11.0 Å². The number of hydrogen-bond donors (Lipinski definition) is 1. The third kappa shape index (κ3) is 3.80.